The van der Waals surface area contributed by atoms with Gasteiger partial charge in [-0.05, 0) is 47.9 Å². The first-order valence-electron chi connectivity index (χ1n) is 8.47. The molecule has 26 heavy (non-hydrogen) atoms. The van der Waals surface area contributed by atoms with E-state index in [9.17, 15) is 4.79 Å². The molecule has 0 saturated heterocycles. The van der Waals surface area contributed by atoms with Crippen LogP contribution in [0, 0.1) is 0 Å². The summed E-state index contributed by atoms with van der Waals surface area (Å²) >= 11 is 3.12. The lowest BCUT2D eigenvalue weighted by Gasteiger charge is -2.07. The van der Waals surface area contributed by atoms with Gasteiger partial charge in [-0.25, -0.2) is 4.98 Å². The van der Waals surface area contributed by atoms with Crippen molar-refractivity contribution in [1.29, 1.82) is 0 Å². The topological polar surface area (TPSA) is 42.0 Å². The number of rotatable bonds is 4. The van der Waals surface area contributed by atoms with E-state index in [0.29, 0.717) is 10.8 Å². The molecule has 0 aliphatic carbocycles. The molecule has 0 radical (unpaired) electrons. The zero-order valence-corrected chi connectivity index (χ0v) is 16.2. The molecule has 4 aromatic rings. The van der Waals surface area contributed by atoms with Crippen molar-refractivity contribution < 1.29 is 4.79 Å². The molecule has 0 fully saturated rings. The van der Waals surface area contributed by atoms with Crippen LogP contribution in [-0.2, 0) is 0 Å². The lowest BCUT2D eigenvalue weighted by Crippen LogP contribution is -2.09. The minimum absolute atomic E-state index is 0.0836. The molecule has 3 nitrogen and oxygen atoms in total. The maximum atomic E-state index is 12.5. The molecule has 0 spiro atoms. The molecular weight excluding hydrogens is 360 g/mol. The summed E-state index contributed by atoms with van der Waals surface area (Å²) in [6.45, 7) is 4.31. The van der Waals surface area contributed by atoms with Gasteiger partial charge in [0.05, 0.1) is 20.0 Å². The van der Waals surface area contributed by atoms with Crippen LogP contribution in [0.3, 0.4) is 0 Å². The van der Waals surface area contributed by atoms with Gasteiger partial charge in [0.2, 0.25) is 0 Å². The quantitative estimate of drug-likeness (QED) is 0.446. The average Bonchev–Trinajstić information content (AvgIpc) is 3.29. The normalized spacial score (nSPS) is 11.2. The largest absolute Gasteiger partial charge is 0.321 e. The fraction of sp³-hybridized carbons (Fsp3) is 0.143. The fourth-order valence-corrected chi connectivity index (χ4v) is 4.62. The molecular formula is C21H18N2OS2. The second-order valence-corrected chi connectivity index (χ2v) is 8.50. The van der Waals surface area contributed by atoms with Crippen molar-refractivity contribution >= 4 is 44.5 Å². The molecule has 0 atom stereocenters. The highest BCUT2D eigenvalue weighted by molar-refractivity contribution is 7.26. The van der Waals surface area contributed by atoms with Crippen molar-refractivity contribution in [2.75, 3.05) is 5.32 Å². The van der Waals surface area contributed by atoms with Gasteiger partial charge in [-0.15, -0.1) is 22.7 Å². The van der Waals surface area contributed by atoms with Crippen molar-refractivity contribution in [1.82, 2.24) is 4.98 Å². The zero-order valence-electron chi connectivity index (χ0n) is 14.5. The van der Waals surface area contributed by atoms with Gasteiger partial charge >= 0.3 is 0 Å². The van der Waals surface area contributed by atoms with Crippen LogP contribution >= 0.6 is 22.7 Å². The third kappa shape index (κ3) is 3.41. The van der Waals surface area contributed by atoms with Crippen LogP contribution in [0.2, 0.25) is 0 Å². The van der Waals surface area contributed by atoms with E-state index in [1.165, 1.54) is 16.9 Å². The van der Waals surface area contributed by atoms with E-state index < -0.39 is 0 Å². The number of hydrogen-bond acceptors (Lipinski definition) is 4. The maximum Gasteiger partial charge on any atom is 0.265 e. The van der Waals surface area contributed by atoms with Crippen molar-refractivity contribution in [3.8, 4) is 9.88 Å². The van der Waals surface area contributed by atoms with Crippen molar-refractivity contribution in [2.24, 2.45) is 0 Å². The maximum absolute atomic E-state index is 12.5. The summed E-state index contributed by atoms with van der Waals surface area (Å²) in [6, 6.07) is 19.9. The second-order valence-electron chi connectivity index (χ2n) is 6.38. The number of para-hydroxylation sites is 1. The Hall–Kier alpha value is -2.50. The minimum atomic E-state index is -0.0836. The molecule has 4 rings (SSSR count). The minimum Gasteiger partial charge on any atom is -0.321 e. The number of amides is 1. The summed E-state index contributed by atoms with van der Waals surface area (Å²) in [5, 5.41) is 3.93. The average molecular weight is 379 g/mol. The third-order valence-electron chi connectivity index (χ3n) is 4.17. The van der Waals surface area contributed by atoms with Gasteiger partial charge in [0.25, 0.3) is 5.91 Å². The highest BCUT2D eigenvalue weighted by Crippen LogP contribution is 2.34. The van der Waals surface area contributed by atoms with Gasteiger partial charge in [0, 0.05) is 5.69 Å². The van der Waals surface area contributed by atoms with Crippen LogP contribution in [0.5, 0.6) is 0 Å². The predicted molar refractivity (Wildman–Crippen MR) is 111 cm³/mol. The molecule has 2 heterocycles. The fourth-order valence-electron chi connectivity index (χ4n) is 2.70. The molecule has 0 bridgehead atoms. The van der Waals surface area contributed by atoms with Crippen LogP contribution in [-0.4, -0.2) is 10.9 Å². The molecule has 0 saturated carbocycles. The number of benzene rings is 2. The monoisotopic (exact) mass is 378 g/mol. The summed E-state index contributed by atoms with van der Waals surface area (Å²) in [6.07, 6.45) is 0. The number of nitrogens with zero attached hydrogens (tertiary/aromatic N) is 1. The standard InChI is InChI=1S/C21H18N2OS2/c1-13(2)14-7-9-15(10-8-14)22-20(24)18-11-12-19(25-18)21-23-16-5-3-4-6-17(16)26-21/h3-13H,1-2H3,(H,22,24). The van der Waals surface area contributed by atoms with Gasteiger partial charge in [-0.1, -0.05) is 38.1 Å². The molecule has 2 aromatic carbocycles. The van der Waals surface area contributed by atoms with Crippen LogP contribution in [0.1, 0.15) is 35.0 Å². The molecule has 5 heteroatoms. The van der Waals surface area contributed by atoms with Gasteiger partial charge in [0.1, 0.15) is 5.01 Å². The van der Waals surface area contributed by atoms with Gasteiger partial charge < -0.3 is 5.32 Å². The smallest absolute Gasteiger partial charge is 0.265 e. The Kier molecular flexibility index (Phi) is 4.57. The number of anilines is 1. The SMILES string of the molecule is CC(C)c1ccc(NC(=O)c2ccc(-c3nc4ccccc4s3)s2)cc1. The van der Waals surface area contributed by atoms with Crippen molar-refractivity contribution in [2.45, 2.75) is 19.8 Å². The Labute approximate surface area is 160 Å². The first-order valence-corrected chi connectivity index (χ1v) is 10.1. The van der Waals surface area contributed by atoms with E-state index in [0.717, 1.165) is 25.8 Å². The third-order valence-corrected chi connectivity index (χ3v) is 6.46. The van der Waals surface area contributed by atoms with Crippen molar-refractivity contribution in [3.05, 3.63) is 71.1 Å². The summed E-state index contributed by atoms with van der Waals surface area (Å²) in [5.74, 6) is 0.396. The number of fused-ring (bicyclic) bond motifs is 1. The zero-order chi connectivity index (χ0) is 18.1. The number of carbonyl (C=O) groups excluding carboxylic acids is 1. The molecule has 1 N–H and O–H groups in total. The number of carbonyl (C=O) groups is 1. The predicted octanol–water partition coefficient (Wildman–Crippen LogP) is 6.40. The van der Waals surface area contributed by atoms with Crippen LogP contribution in [0.4, 0.5) is 5.69 Å². The first-order chi connectivity index (χ1) is 12.6. The number of thiophene rings is 1. The van der Waals surface area contributed by atoms with Gasteiger partial charge in [-0.2, -0.15) is 0 Å². The molecule has 0 aliphatic heterocycles. The van der Waals surface area contributed by atoms with E-state index in [2.05, 4.69) is 42.3 Å². The van der Waals surface area contributed by atoms with E-state index in [1.54, 1.807) is 11.3 Å². The summed E-state index contributed by atoms with van der Waals surface area (Å²) in [7, 11) is 0. The Morgan fingerprint density at radius 3 is 2.46 bits per heavy atom. The molecule has 130 valence electrons. The summed E-state index contributed by atoms with van der Waals surface area (Å²) in [5.41, 5.74) is 3.07. The van der Waals surface area contributed by atoms with E-state index in [-0.39, 0.29) is 5.91 Å². The lowest BCUT2D eigenvalue weighted by molar-refractivity contribution is 0.103. The Morgan fingerprint density at radius 1 is 0.962 bits per heavy atom. The second kappa shape index (κ2) is 7.02. The molecule has 1 amide bonds. The van der Waals surface area contributed by atoms with Gasteiger partial charge in [0.15, 0.2) is 0 Å². The van der Waals surface area contributed by atoms with Crippen LogP contribution in [0.25, 0.3) is 20.1 Å². The van der Waals surface area contributed by atoms with E-state index >= 15 is 0 Å². The highest BCUT2D eigenvalue weighted by Gasteiger charge is 2.13. The van der Waals surface area contributed by atoms with Gasteiger partial charge in [-0.3, -0.25) is 4.79 Å². The number of thiazole rings is 1. The summed E-state index contributed by atoms with van der Waals surface area (Å²) in [4.78, 5) is 18.9. The Bertz CT molecular complexity index is 1030. The van der Waals surface area contributed by atoms with E-state index in [1.807, 2.05) is 42.5 Å². The number of nitrogens with one attached hydrogen (secondary N) is 1. The summed E-state index contributed by atoms with van der Waals surface area (Å²) < 4.78 is 1.16. The van der Waals surface area contributed by atoms with E-state index in [4.69, 9.17) is 0 Å². The van der Waals surface area contributed by atoms with Crippen LogP contribution in [0.15, 0.2) is 60.7 Å². The van der Waals surface area contributed by atoms with Crippen LogP contribution < -0.4 is 5.32 Å². The molecule has 2 aromatic heterocycles. The molecule has 0 aliphatic rings. The Morgan fingerprint density at radius 2 is 1.73 bits per heavy atom. The lowest BCUT2D eigenvalue weighted by atomic mass is 10.0. The number of aromatic nitrogens is 1. The van der Waals surface area contributed by atoms with Crippen molar-refractivity contribution in [3.63, 3.8) is 0 Å². The first kappa shape index (κ1) is 16.9. The highest BCUT2D eigenvalue weighted by atomic mass is 32.1. The number of hydrogen-bond donors (Lipinski definition) is 1. The Balaban J connectivity index is 1.52. The molecule has 0 unspecified atom stereocenters.